The zero-order chi connectivity index (χ0) is 13.5. The third kappa shape index (κ3) is 4.02. The van der Waals surface area contributed by atoms with Gasteiger partial charge < -0.3 is 4.74 Å². The number of rotatable bonds is 6. The summed E-state index contributed by atoms with van der Waals surface area (Å²) in [4.78, 5) is 8.46. The van der Waals surface area contributed by atoms with Gasteiger partial charge in [-0.3, -0.25) is 0 Å². The van der Waals surface area contributed by atoms with Crippen LogP contribution in [0.1, 0.15) is 26.2 Å². The Bertz CT molecular complexity index is 497. The normalized spacial score (nSPS) is 10.4. The maximum absolute atomic E-state index is 12.8. The van der Waals surface area contributed by atoms with Gasteiger partial charge in [0.1, 0.15) is 5.82 Å². The lowest BCUT2D eigenvalue weighted by Gasteiger charge is -2.05. The Morgan fingerprint density at radius 2 is 1.84 bits per heavy atom. The van der Waals surface area contributed by atoms with E-state index in [0.717, 1.165) is 18.4 Å². The summed E-state index contributed by atoms with van der Waals surface area (Å²) in [5.74, 6) is 0.273. The minimum Gasteiger partial charge on any atom is -0.477 e. The summed E-state index contributed by atoms with van der Waals surface area (Å²) >= 11 is 0. The molecule has 0 aliphatic rings. The first-order valence-corrected chi connectivity index (χ1v) is 6.50. The van der Waals surface area contributed by atoms with Crippen LogP contribution in [0.2, 0.25) is 0 Å². The minimum atomic E-state index is -0.257. The molecule has 0 saturated heterocycles. The SMILES string of the molecule is CCCCCOc1cnc(-c2ccc(F)cc2)cn1. The maximum Gasteiger partial charge on any atom is 0.232 e. The van der Waals surface area contributed by atoms with E-state index in [4.69, 9.17) is 4.74 Å². The van der Waals surface area contributed by atoms with Crippen molar-refractivity contribution < 1.29 is 9.13 Å². The van der Waals surface area contributed by atoms with Gasteiger partial charge >= 0.3 is 0 Å². The number of aromatic nitrogens is 2. The number of hydrogen-bond donors (Lipinski definition) is 0. The van der Waals surface area contributed by atoms with E-state index >= 15 is 0 Å². The molecule has 19 heavy (non-hydrogen) atoms. The highest BCUT2D eigenvalue weighted by molar-refractivity contribution is 5.57. The molecule has 2 aromatic rings. The molecule has 0 saturated carbocycles. The predicted octanol–water partition coefficient (Wildman–Crippen LogP) is 3.85. The fourth-order valence-electron chi connectivity index (χ4n) is 1.69. The molecule has 1 heterocycles. The first-order valence-electron chi connectivity index (χ1n) is 6.50. The van der Waals surface area contributed by atoms with Gasteiger partial charge in [0.25, 0.3) is 0 Å². The third-order valence-corrected chi connectivity index (χ3v) is 2.77. The summed E-state index contributed by atoms with van der Waals surface area (Å²) in [5, 5.41) is 0. The maximum atomic E-state index is 12.8. The van der Waals surface area contributed by atoms with Crippen molar-refractivity contribution in [2.45, 2.75) is 26.2 Å². The quantitative estimate of drug-likeness (QED) is 0.740. The highest BCUT2D eigenvalue weighted by Crippen LogP contribution is 2.17. The lowest BCUT2D eigenvalue weighted by Crippen LogP contribution is -1.99. The Balaban J connectivity index is 1.96. The monoisotopic (exact) mass is 260 g/mol. The number of nitrogens with zero attached hydrogens (tertiary/aromatic N) is 2. The Morgan fingerprint density at radius 1 is 1.05 bits per heavy atom. The van der Waals surface area contributed by atoms with Crippen LogP contribution in [-0.4, -0.2) is 16.6 Å². The van der Waals surface area contributed by atoms with Gasteiger partial charge in [0, 0.05) is 5.56 Å². The molecule has 0 spiro atoms. The number of halogens is 1. The van der Waals surface area contributed by atoms with E-state index in [-0.39, 0.29) is 5.82 Å². The van der Waals surface area contributed by atoms with E-state index < -0.39 is 0 Å². The van der Waals surface area contributed by atoms with Crippen molar-refractivity contribution in [3.63, 3.8) is 0 Å². The molecule has 0 unspecified atom stereocenters. The summed E-state index contributed by atoms with van der Waals surface area (Å²) in [6.45, 7) is 2.82. The van der Waals surface area contributed by atoms with Crippen molar-refractivity contribution in [1.29, 1.82) is 0 Å². The summed E-state index contributed by atoms with van der Waals surface area (Å²) < 4.78 is 18.3. The molecule has 100 valence electrons. The van der Waals surface area contributed by atoms with Gasteiger partial charge in [-0.25, -0.2) is 14.4 Å². The third-order valence-electron chi connectivity index (χ3n) is 2.77. The second-order valence-corrected chi connectivity index (χ2v) is 4.30. The molecular weight excluding hydrogens is 243 g/mol. The van der Waals surface area contributed by atoms with Crippen LogP contribution < -0.4 is 4.74 Å². The first-order chi connectivity index (χ1) is 9.29. The van der Waals surface area contributed by atoms with Crippen molar-refractivity contribution in [1.82, 2.24) is 9.97 Å². The number of benzene rings is 1. The van der Waals surface area contributed by atoms with Crippen LogP contribution in [0.3, 0.4) is 0 Å². The lowest BCUT2D eigenvalue weighted by atomic mass is 10.2. The van der Waals surface area contributed by atoms with Crippen LogP contribution >= 0.6 is 0 Å². The summed E-state index contributed by atoms with van der Waals surface area (Å²) in [6.07, 6.45) is 6.59. The van der Waals surface area contributed by atoms with Gasteiger partial charge in [0.2, 0.25) is 5.88 Å². The molecule has 0 atom stereocenters. The molecule has 3 nitrogen and oxygen atoms in total. The summed E-state index contributed by atoms with van der Waals surface area (Å²) in [5.41, 5.74) is 1.55. The average molecular weight is 260 g/mol. The van der Waals surface area contributed by atoms with Crippen LogP contribution in [0, 0.1) is 5.82 Å². The number of ether oxygens (including phenoxy) is 1. The van der Waals surface area contributed by atoms with Crippen molar-refractivity contribution in [2.24, 2.45) is 0 Å². The van der Waals surface area contributed by atoms with E-state index in [0.29, 0.717) is 18.2 Å². The number of hydrogen-bond acceptors (Lipinski definition) is 3. The average Bonchev–Trinajstić information content (AvgIpc) is 2.45. The molecule has 0 amide bonds. The van der Waals surface area contributed by atoms with Crippen LogP contribution in [-0.2, 0) is 0 Å². The minimum absolute atomic E-state index is 0.257. The Hall–Kier alpha value is -1.97. The molecule has 2 rings (SSSR count). The molecule has 0 aliphatic carbocycles. The molecule has 4 heteroatoms. The van der Waals surface area contributed by atoms with E-state index in [9.17, 15) is 4.39 Å². The summed E-state index contributed by atoms with van der Waals surface area (Å²) in [7, 11) is 0. The van der Waals surface area contributed by atoms with Gasteiger partial charge in [-0.15, -0.1) is 0 Å². The van der Waals surface area contributed by atoms with Gasteiger partial charge in [-0.05, 0) is 30.7 Å². The molecule has 0 aliphatic heterocycles. The largest absolute Gasteiger partial charge is 0.477 e. The Kier molecular flexibility index (Phi) is 4.84. The van der Waals surface area contributed by atoms with Crippen molar-refractivity contribution in [2.75, 3.05) is 6.61 Å². The highest BCUT2D eigenvalue weighted by Gasteiger charge is 2.02. The molecule has 0 bridgehead atoms. The van der Waals surface area contributed by atoms with Crippen LogP contribution in [0.25, 0.3) is 11.3 Å². The molecule has 1 aromatic carbocycles. The zero-order valence-corrected chi connectivity index (χ0v) is 11.0. The molecule has 0 fully saturated rings. The van der Waals surface area contributed by atoms with E-state index in [1.807, 2.05) is 0 Å². The molecule has 0 N–H and O–H groups in total. The molecular formula is C15H17FN2O. The van der Waals surface area contributed by atoms with Crippen molar-refractivity contribution in [3.8, 4) is 17.1 Å². The fraction of sp³-hybridized carbons (Fsp3) is 0.333. The van der Waals surface area contributed by atoms with E-state index in [1.165, 1.54) is 18.6 Å². The molecule has 0 radical (unpaired) electrons. The lowest BCUT2D eigenvalue weighted by molar-refractivity contribution is 0.293. The second-order valence-electron chi connectivity index (χ2n) is 4.30. The smallest absolute Gasteiger partial charge is 0.232 e. The fourth-order valence-corrected chi connectivity index (χ4v) is 1.69. The number of unbranched alkanes of at least 4 members (excludes halogenated alkanes) is 2. The Labute approximate surface area is 112 Å². The first kappa shape index (κ1) is 13.5. The van der Waals surface area contributed by atoms with Gasteiger partial charge in [-0.1, -0.05) is 19.8 Å². The van der Waals surface area contributed by atoms with Gasteiger partial charge in [0.15, 0.2) is 0 Å². The van der Waals surface area contributed by atoms with Crippen LogP contribution in [0.5, 0.6) is 5.88 Å². The highest BCUT2D eigenvalue weighted by atomic mass is 19.1. The second kappa shape index (κ2) is 6.83. The van der Waals surface area contributed by atoms with E-state index in [2.05, 4.69) is 16.9 Å². The van der Waals surface area contributed by atoms with Crippen LogP contribution in [0.15, 0.2) is 36.7 Å². The standard InChI is InChI=1S/C15H17FN2O/c1-2-3-4-9-19-15-11-17-14(10-18-15)12-5-7-13(16)8-6-12/h5-8,10-11H,2-4,9H2,1H3. The van der Waals surface area contributed by atoms with Crippen molar-refractivity contribution >= 4 is 0 Å². The topological polar surface area (TPSA) is 35.0 Å². The van der Waals surface area contributed by atoms with Gasteiger partial charge in [-0.2, -0.15) is 0 Å². The predicted molar refractivity (Wildman–Crippen MR) is 72.4 cm³/mol. The van der Waals surface area contributed by atoms with E-state index in [1.54, 1.807) is 24.5 Å². The Morgan fingerprint density at radius 3 is 2.47 bits per heavy atom. The van der Waals surface area contributed by atoms with Crippen molar-refractivity contribution in [3.05, 3.63) is 42.5 Å². The van der Waals surface area contributed by atoms with Crippen LogP contribution in [0.4, 0.5) is 4.39 Å². The van der Waals surface area contributed by atoms with Gasteiger partial charge in [0.05, 0.1) is 24.7 Å². The molecule has 1 aromatic heterocycles. The zero-order valence-electron chi connectivity index (χ0n) is 11.0. The summed E-state index contributed by atoms with van der Waals surface area (Å²) in [6, 6.07) is 6.18.